The van der Waals surface area contributed by atoms with E-state index in [1.54, 1.807) is 48.5 Å². The number of carbonyl (C=O) groups excluding carboxylic acids is 2. The van der Waals surface area contributed by atoms with Gasteiger partial charge in [0.1, 0.15) is 11.9 Å². The molecule has 1 atom stereocenters. The lowest BCUT2D eigenvalue weighted by Crippen LogP contribution is -2.50. The molecule has 7 nitrogen and oxygen atoms in total. The highest BCUT2D eigenvalue weighted by molar-refractivity contribution is 7.92. The molecule has 0 spiro atoms. The lowest BCUT2D eigenvalue weighted by molar-refractivity contribution is -0.141. The third-order valence-corrected chi connectivity index (χ3v) is 7.51. The third-order valence-electron chi connectivity index (χ3n) is 6.32. The molecule has 39 heavy (non-hydrogen) atoms. The normalized spacial score (nSPS) is 12.0. The molecule has 0 fully saturated rings. The van der Waals surface area contributed by atoms with E-state index in [0.717, 1.165) is 18.2 Å². The minimum absolute atomic E-state index is 0.0142. The first-order valence-electron chi connectivity index (χ1n) is 13.1. The van der Waals surface area contributed by atoms with Crippen LogP contribution in [0, 0.1) is 5.82 Å². The zero-order chi connectivity index (χ0) is 28.3. The van der Waals surface area contributed by atoms with Crippen molar-refractivity contribution in [2.24, 2.45) is 0 Å². The predicted molar refractivity (Wildman–Crippen MR) is 152 cm³/mol. The largest absolute Gasteiger partial charge is 0.354 e. The van der Waals surface area contributed by atoms with Crippen molar-refractivity contribution in [1.82, 2.24) is 10.2 Å². The first-order chi connectivity index (χ1) is 18.7. The number of nitrogens with one attached hydrogen (secondary N) is 1. The molecule has 3 rings (SSSR count). The zero-order valence-corrected chi connectivity index (χ0v) is 23.2. The average Bonchev–Trinajstić information content (AvgIpc) is 2.92. The van der Waals surface area contributed by atoms with E-state index in [-0.39, 0.29) is 44.2 Å². The van der Waals surface area contributed by atoms with E-state index in [0.29, 0.717) is 17.8 Å². The maximum atomic E-state index is 14.7. The summed E-state index contributed by atoms with van der Waals surface area (Å²) < 4.78 is 40.8. The van der Waals surface area contributed by atoms with E-state index in [2.05, 4.69) is 5.32 Å². The fourth-order valence-electron chi connectivity index (χ4n) is 4.33. The molecule has 3 aromatic rings. The number of para-hydroxylation sites is 1. The van der Waals surface area contributed by atoms with Gasteiger partial charge in [-0.15, -0.1) is 0 Å². The van der Waals surface area contributed by atoms with Crippen LogP contribution in [0.15, 0.2) is 84.9 Å². The molecule has 0 unspecified atom stereocenters. The molecule has 0 saturated heterocycles. The molecule has 3 aromatic carbocycles. The van der Waals surface area contributed by atoms with Gasteiger partial charge < -0.3 is 10.2 Å². The summed E-state index contributed by atoms with van der Waals surface area (Å²) in [5, 5.41) is 2.89. The predicted octanol–water partition coefficient (Wildman–Crippen LogP) is 4.54. The Labute approximate surface area is 230 Å². The summed E-state index contributed by atoms with van der Waals surface area (Å²) in [6.07, 6.45) is 2.32. The number of hydrogen-bond donors (Lipinski definition) is 1. The molecule has 208 valence electrons. The van der Waals surface area contributed by atoms with Gasteiger partial charge in [-0.25, -0.2) is 12.8 Å². The fraction of sp³-hybridized carbons (Fsp3) is 0.333. The number of amides is 2. The number of anilines is 1. The molecular formula is C30H36FN3O4S. The second-order valence-electron chi connectivity index (χ2n) is 9.38. The third kappa shape index (κ3) is 8.92. The molecule has 0 aliphatic rings. The number of benzene rings is 3. The Hall–Kier alpha value is -3.72. The highest BCUT2D eigenvalue weighted by Gasteiger charge is 2.31. The summed E-state index contributed by atoms with van der Waals surface area (Å²) in [6, 6.07) is 23.4. The Balaban J connectivity index is 1.87. The van der Waals surface area contributed by atoms with E-state index in [9.17, 15) is 22.4 Å². The molecule has 0 aliphatic carbocycles. The van der Waals surface area contributed by atoms with Crippen LogP contribution < -0.4 is 9.62 Å². The Morgan fingerprint density at radius 2 is 1.54 bits per heavy atom. The van der Waals surface area contributed by atoms with E-state index in [1.165, 1.54) is 15.3 Å². The summed E-state index contributed by atoms with van der Waals surface area (Å²) in [4.78, 5) is 28.5. The van der Waals surface area contributed by atoms with Gasteiger partial charge in [0.15, 0.2) is 0 Å². The maximum Gasteiger partial charge on any atom is 0.243 e. The zero-order valence-electron chi connectivity index (χ0n) is 22.4. The average molecular weight is 554 g/mol. The quantitative estimate of drug-likeness (QED) is 0.318. The molecule has 0 heterocycles. The van der Waals surface area contributed by atoms with Crippen LogP contribution in [0.25, 0.3) is 0 Å². The topological polar surface area (TPSA) is 86.8 Å². The first-order valence-corrected chi connectivity index (χ1v) is 14.9. The second-order valence-corrected chi connectivity index (χ2v) is 11.3. The Bertz CT molecular complexity index is 1320. The number of sulfonamides is 1. The van der Waals surface area contributed by atoms with Crippen LogP contribution in [0.5, 0.6) is 0 Å². The van der Waals surface area contributed by atoms with Crippen LogP contribution in [0.2, 0.25) is 0 Å². The van der Waals surface area contributed by atoms with E-state index >= 15 is 0 Å². The van der Waals surface area contributed by atoms with Gasteiger partial charge in [-0.1, -0.05) is 73.7 Å². The number of carbonyl (C=O) groups is 2. The van der Waals surface area contributed by atoms with Crippen LogP contribution >= 0.6 is 0 Å². The van der Waals surface area contributed by atoms with Gasteiger partial charge >= 0.3 is 0 Å². The van der Waals surface area contributed by atoms with Crippen molar-refractivity contribution in [3.05, 3.63) is 102 Å². The van der Waals surface area contributed by atoms with Crippen LogP contribution in [-0.2, 0) is 32.6 Å². The smallest absolute Gasteiger partial charge is 0.243 e. The van der Waals surface area contributed by atoms with Crippen molar-refractivity contribution in [2.75, 3.05) is 23.7 Å². The molecule has 0 saturated carbocycles. The van der Waals surface area contributed by atoms with Crippen molar-refractivity contribution in [3.8, 4) is 0 Å². The van der Waals surface area contributed by atoms with Gasteiger partial charge in [-0.3, -0.25) is 13.9 Å². The van der Waals surface area contributed by atoms with Gasteiger partial charge in [0.2, 0.25) is 21.8 Å². The van der Waals surface area contributed by atoms with Crippen LogP contribution in [0.3, 0.4) is 0 Å². The monoisotopic (exact) mass is 553 g/mol. The van der Waals surface area contributed by atoms with E-state index in [4.69, 9.17) is 0 Å². The summed E-state index contributed by atoms with van der Waals surface area (Å²) in [5.74, 6) is -1.13. The van der Waals surface area contributed by atoms with E-state index in [1.807, 2.05) is 37.3 Å². The first kappa shape index (κ1) is 29.8. The van der Waals surface area contributed by atoms with Crippen LogP contribution in [0.1, 0.15) is 37.3 Å². The molecule has 0 bridgehead atoms. The summed E-state index contributed by atoms with van der Waals surface area (Å²) >= 11 is 0. The summed E-state index contributed by atoms with van der Waals surface area (Å²) in [5.41, 5.74) is 1.68. The maximum absolute atomic E-state index is 14.7. The Morgan fingerprint density at radius 1 is 0.923 bits per heavy atom. The van der Waals surface area contributed by atoms with Crippen LogP contribution in [0.4, 0.5) is 10.1 Å². The highest BCUT2D eigenvalue weighted by Crippen LogP contribution is 2.20. The Morgan fingerprint density at radius 3 is 2.15 bits per heavy atom. The molecular weight excluding hydrogens is 517 g/mol. The standard InChI is InChI=1S/C30H36FN3O4S/c1-3-20-32-30(36)28(22-24-13-6-4-7-14-24)33(23-25-15-10-11-18-27(25)31)29(35)19-12-21-34(39(2,37)38)26-16-8-5-9-17-26/h4-11,13-18,28H,3,12,19-23H2,1-2H3,(H,32,36)/t28-/m1/s1. The van der Waals surface area contributed by atoms with Crippen molar-refractivity contribution in [2.45, 2.75) is 45.2 Å². The summed E-state index contributed by atoms with van der Waals surface area (Å²) in [6.45, 7) is 2.39. The molecule has 0 radical (unpaired) electrons. The van der Waals surface area contributed by atoms with Gasteiger partial charge in [-0.2, -0.15) is 0 Å². The van der Waals surface area contributed by atoms with Crippen molar-refractivity contribution in [1.29, 1.82) is 0 Å². The van der Waals surface area contributed by atoms with Gasteiger partial charge in [0, 0.05) is 38.0 Å². The van der Waals surface area contributed by atoms with Gasteiger partial charge in [-0.05, 0) is 36.6 Å². The number of nitrogens with zero attached hydrogens (tertiary/aromatic N) is 2. The molecule has 9 heteroatoms. The minimum Gasteiger partial charge on any atom is -0.354 e. The molecule has 2 amide bonds. The number of halogens is 1. The lowest BCUT2D eigenvalue weighted by Gasteiger charge is -2.32. The van der Waals surface area contributed by atoms with Crippen molar-refractivity contribution in [3.63, 3.8) is 0 Å². The minimum atomic E-state index is -3.58. The SMILES string of the molecule is CCCNC(=O)[C@@H](Cc1ccccc1)N(Cc1ccccc1F)C(=O)CCCN(c1ccccc1)S(C)(=O)=O. The summed E-state index contributed by atoms with van der Waals surface area (Å²) in [7, 11) is -3.58. The van der Waals surface area contributed by atoms with Crippen LogP contribution in [-0.4, -0.2) is 50.5 Å². The second kappa shape index (κ2) is 14.4. The van der Waals surface area contributed by atoms with Gasteiger partial charge in [0.25, 0.3) is 0 Å². The molecule has 0 aliphatic heterocycles. The van der Waals surface area contributed by atoms with E-state index < -0.39 is 21.9 Å². The fourth-order valence-corrected chi connectivity index (χ4v) is 5.29. The van der Waals surface area contributed by atoms with Gasteiger partial charge in [0.05, 0.1) is 11.9 Å². The lowest BCUT2D eigenvalue weighted by atomic mass is 10.0. The molecule has 1 N–H and O–H groups in total. The number of rotatable bonds is 14. The number of hydrogen-bond acceptors (Lipinski definition) is 4. The van der Waals surface area contributed by atoms with Crippen molar-refractivity contribution >= 4 is 27.5 Å². The highest BCUT2D eigenvalue weighted by atomic mass is 32.2. The molecule has 0 aromatic heterocycles. The van der Waals surface area contributed by atoms with Crippen molar-refractivity contribution < 1.29 is 22.4 Å². The Kier molecular flexibility index (Phi) is 11.0.